The van der Waals surface area contributed by atoms with Crippen LogP contribution in [0.2, 0.25) is 0 Å². The van der Waals surface area contributed by atoms with E-state index >= 15 is 0 Å². The fourth-order valence-corrected chi connectivity index (χ4v) is 1.36. The SMILES string of the molecule is Cn1ccc(C(=O)Nc2cc(N)ccc2F)n1. The van der Waals surface area contributed by atoms with Gasteiger partial charge in [-0.15, -0.1) is 0 Å². The Hall–Kier alpha value is -2.37. The Morgan fingerprint density at radius 1 is 1.47 bits per heavy atom. The topological polar surface area (TPSA) is 72.9 Å². The minimum Gasteiger partial charge on any atom is -0.399 e. The standard InChI is InChI=1S/C11H11FN4O/c1-16-5-4-9(15-16)11(17)14-10-6-7(13)2-3-8(10)12/h2-6H,13H2,1H3,(H,14,17). The lowest BCUT2D eigenvalue weighted by Gasteiger charge is -2.05. The lowest BCUT2D eigenvalue weighted by molar-refractivity contribution is 0.102. The molecule has 0 fully saturated rings. The molecular weight excluding hydrogens is 223 g/mol. The number of aromatic nitrogens is 2. The van der Waals surface area contributed by atoms with Crippen molar-refractivity contribution < 1.29 is 9.18 Å². The van der Waals surface area contributed by atoms with Crippen LogP contribution in [0.3, 0.4) is 0 Å². The lowest BCUT2D eigenvalue weighted by atomic mass is 10.2. The van der Waals surface area contributed by atoms with Gasteiger partial charge in [-0.25, -0.2) is 4.39 Å². The first-order chi connectivity index (χ1) is 8.06. The predicted molar refractivity (Wildman–Crippen MR) is 62.0 cm³/mol. The summed E-state index contributed by atoms with van der Waals surface area (Å²) in [6.07, 6.45) is 1.63. The third-order valence-corrected chi connectivity index (χ3v) is 2.18. The Kier molecular flexibility index (Phi) is 2.78. The number of anilines is 2. The van der Waals surface area contributed by atoms with Gasteiger partial charge in [-0.1, -0.05) is 0 Å². The first-order valence-corrected chi connectivity index (χ1v) is 4.92. The molecule has 0 aliphatic carbocycles. The summed E-state index contributed by atoms with van der Waals surface area (Å²) in [4.78, 5) is 11.7. The van der Waals surface area contributed by atoms with Crippen molar-refractivity contribution in [2.24, 2.45) is 7.05 Å². The maximum atomic E-state index is 13.4. The van der Waals surface area contributed by atoms with Gasteiger partial charge in [0, 0.05) is 18.9 Å². The van der Waals surface area contributed by atoms with Crippen LogP contribution >= 0.6 is 0 Å². The zero-order chi connectivity index (χ0) is 12.4. The van der Waals surface area contributed by atoms with Gasteiger partial charge >= 0.3 is 0 Å². The van der Waals surface area contributed by atoms with Gasteiger partial charge in [-0.2, -0.15) is 5.10 Å². The van der Waals surface area contributed by atoms with Crippen LogP contribution in [0.4, 0.5) is 15.8 Å². The number of benzene rings is 1. The Bertz CT molecular complexity index is 564. The molecule has 17 heavy (non-hydrogen) atoms. The van der Waals surface area contributed by atoms with Crippen molar-refractivity contribution in [3.8, 4) is 0 Å². The van der Waals surface area contributed by atoms with E-state index in [1.54, 1.807) is 19.3 Å². The molecule has 1 heterocycles. The minimum absolute atomic E-state index is 0.0423. The van der Waals surface area contributed by atoms with Crippen LogP contribution in [0.15, 0.2) is 30.5 Å². The molecule has 1 aromatic carbocycles. The van der Waals surface area contributed by atoms with Gasteiger partial charge in [-0.05, 0) is 24.3 Å². The van der Waals surface area contributed by atoms with Crippen LogP contribution in [-0.4, -0.2) is 15.7 Å². The predicted octanol–water partition coefficient (Wildman–Crippen LogP) is 1.39. The van der Waals surface area contributed by atoms with Gasteiger partial charge in [0.05, 0.1) is 5.69 Å². The highest BCUT2D eigenvalue weighted by Crippen LogP contribution is 2.17. The Morgan fingerprint density at radius 2 is 2.24 bits per heavy atom. The number of nitrogens with two attached hydrogens (primary N) is 1. The highest BCUT2D eigenvalue weighted by Gasteiger charge is 2.11. The second-order valence-corrected chi connectivity index (χ2v) is 3.57. The number of hydrogen-bond donors (Lipinski definition) is 2. The number of rotatable bonds is 2. The molecule has 0 saturated carbocycles. The van der Waals surface area contributed by atoms with E-state index in [2.05, 4.69) is 10.4 Å². The number of amides is 1. The molecule has 0 unspecified atom stereocenters. The zero-order valence-electron chi connectivity index (χ0n) is 9.14. The molecule has 0 spiro atoms. The van der Waals surface area contributed by atoms with Gasteiger partial charge in [0.1, 0.15) is 5.82 Å². The largest absolute Gasteiger partial charge is 0.399 e. The smallest absolute Gasteiger partial charge is 0.276 e. The molecule has 0 atom stereocenters. The van der Waals surface area contributed by atoms with E-state index in [9.17, 15) is 9.18 Å². The molecular formula is C11H11FN4O. The molecule has 6 heteroatoms. The van der Waals surface area contributed by atoms with Crippen molar-refractivity contribution in [1.82, 2.24) is 9.78 Å². The number of hydrogen-bond acceptors (Lipinski definition) is 3. The molecule has 0 bridgehead atoms. The summed E-state index contributed by atoms with van der Waals surface area (Å²) in [7, 11) is 1.69. The highest BCUT2D eigenvalue weighted by atomic mass is 19.1. The van der Waals surface area contributed by atoms with E-state index in [1.165, 1.54) is 22.9 Å². The highest BCUT2D eigenvalue weighted by molar-refractivity contribution is 6.03. The third kappa shape index (κ3) is 2.41. The average Bonchev–Trinajstić information content (AvgIpc) is 2.70. The second kappa shape index (κ2) is 4.25. The molecule has 0 aliphatic rings. The van der Waals surface area contributed by atoms with Crippen molar-refractivity contribution in [3.63, 3.8) is 0 Å². The Balaban J connectivity index is 2.21. The summed E-state index contributed by atoms with van der Waals surface area (Å²) in [5.41, 5.74) is 6.15. The molecule has 5 nitrogen and oxygen atoms in total. The van der Waals surface area contributed by atoms with Crippen LogP contribution in [0, 0.1) is 5.82 Å². The molecule has 2 aromatic rings. The number of aryl methyl sites for hydroxylation is 1. The van der Waals surface area contributed by atoms with Gasteiger partial charge < -0.3 is 11.1 Å². The van der Waals surface area contributed by atoms with Crippen LogP contribution in [0.25, 0.3) is 0 Å². The molecule has 1 amide bonds. The average molecular weight is 234 g/mol. The van der Waals surface area contributed by atoms with E-state index in [0.29, 0.717) is 5.69 Å². The van der Waals surface area contributed by atoms with E-state index < -0.39 is 11.7 Å². The zero-order valence-corrected chi connectivity index (χ0v) is 9.14. The minimum atomic E-state index is -0.538. The molecule has 88 valence electrons. The number of nitrogens with zero attached hydrogens (tertiary/aromatic N) is 2. The quantitative estimate of drug-likeness (QED) is 0.771. The Morgan fingerprint density at radius 3 is 2.88 bits per heavy atom. The van der Waals surface area contributed by atoms with Crippen molar-refractivity contribution in [2.45, 2.75) is 0 Å². The second-order valence-electron chi connectivity index (χ2n) is 3.57. The molecule has 1 aromatic heterocycles. The van der Waals surface area contributed by atoms with Crippen molar-refractivity contribution in [2.75, 3.05) is 11.1 Å². The Labute approximate surface area is 97.0 Å². The van der Waals surface area contributed by atoms with Crippen LogP contribution < -0.4 is 11.1 Å². The summed E-state index contributed by atoms with van der Waals surface area (Å²) >= 11 is 0. The molecule has 2 rings (SSSR count). The normalized spacial score (nSPS) is 10.2. The van der Waals surface area contributed by atoms with E-state index in [4.69, 9.17) is 5.73 Å². The van der Waals surface area contributed by atoms with Gasteiger partial charge in [-0.3, -0.25) is 9.48 Å². The third-order valence-electron chi connectivity index (χ3n) is 2.18. The first kappa shape index (κ1) is 11.1. The number of carbonyl (C=O) groups is 1. The number of nitrogens with one attached hydrogen (secondary N) is 1. The van der Waals surface area contributed by atoms with Crippen molar-refractivity contribution in [3.05, 3.63) is 42.0 Å². The molecule has 0 aliphatic heterocycles. The van der Waals surface area contributed by atoms with E-state index in [1.807, 2.05) is 0 Å². The first-order valence-electron chi connectivity index (χ1n) is 4.92. The maximum Gasteiger partial charge on any atom is 0.276 e. The lowest BCUT2D eigenvalue weighted by Crippen LogP contribution is -2.14. The van der Waals surface area contributed by atoms with E-state index in [0.717, 1.165) is 0 Å². The summed E-state index contributed by atoms with van der Waals surface area (Å²) < 4.78 is 14.8. The fraction of sp³-hybridized carbons (Fsp3) is 0.0909. The van der Waals surface area contributed by atoms with Gasteiger partial charge in [0.15, 0.2) is 5.69 Å². The number of halogens is 1. The van der Waals surface area contributed by atoms with Crippen LogP contribution in [0.5, 0.6) is 0 Å². The summed E-state index contributed by atoms with van der Waals surface area (Å²) in [5.74, 6) is -1.02. The van der Waals surface area contributed by atoms with Crippen molar-refractivity contribution >= 4 is 17.3 Å². The van der Waals surface area contributed by atoms with Gasteiger partial charge in [0.25, 0.3) is 5.91 Å². The number of carbonyl (C=O) groups excluding carboxylic acids is 1. The molecule has 0 saturated heterocycles. The van der Waals surface area contributed by atoms with Crippen molar-refractivity contribution in [1.29, 1.82) is 0 Å². The van der Waals surface area contributed by atoms with Crippen LogP contribution in [-0.2, 0) is 7.05 Å². The maximum absolute atomic E-state index is 13.4. The summed E-state index contributed by atoms with van der Waals surface area (Å²) in [6, 6.07) is 5.52. The monoisotopic (exact) mass is 234 g/mol. The van der Waals surface area contributed by atoms with Gasteiger partial charge in [0.2, 0.25) is 0 Å². The summed E-state index contributed by atoms with van der Waals surface area (Å²) in [6.45, 7) is 0. The number of nitrogen functional groups attached to an aromatic ring is 1. The molecule has 0 radical (unpaired) electrons. The fourth-order valence-electron chi connectivity index (χ4n) is 1.36. The van der Waals surface area contributed by atoms with Crippen LogP contribution in [0.1, 0.15) is 10.5 Å². The van der Waals surface area contributed by atoms with E-state index in [-0.39, 0.29) is 11.4 Å². The summed E-state index contributed by atoms with van der Waals surface area (Å²) in [5, 5.41) is 6.32. The molecule has 3 N–H and O–H groups in total.